The summed E-state index contributed by atoms with van der Waals surface area (Å²) in [6, 6.07) is 8.16. The van der Waals surface area contributed by atoms with E-state index in [2.05, 4.69) is 45.3 Å². The molecule has 0 aliphatic heterocycles. The fraction of sp³-hybridized carbons (Fsp3) is 0.565. The monoisotopic (exact) mass is 442 g/mol. The number of rotatable bonds is 5. The van der Waals surface area contributed by atoms with E-state index in [9.17, 15) is 4.79 Å². The van der Waals surface area contributed by atoms with Crippen molar-refractivity contribution in [1.29, 1.82) is 0 Å². The smallest absolute Gasteiger partial charge is 0.226 e. The predicted molar refractivity (Wildman–Crippen MR) is 112 cm³/mol. The second-order valence-electron chi connectivity index (χ2n) is 9.41. The van der Waals surface area contributed by atoms with E-state index in [0.717, 1.165) is 42.4 Å². The van der Waals surface area contributed by atoms with Crippen LogP contribution in [0.3, 0.4) is 0 Å². The number of amides is 1. The molecule has 1 heterocycles. The maximum atomic E-state index is 13.1. The van der Waals surface area contributed by atoms with Gasteiger partial charge in [0, 0.05) is 22.9 Å². The van der Waals surface area contributed by atoms with Crippen LogP contribution in [0, 0.1) is 24.2 Å². The Morgan fingerprint density at radius 3 is 2.61 bits per heavy atom. The highest BCUT2D eigenvalue weighted by Gasteiger charge is 2.59. The summed E-state index contributed by atoms with van der Waals surface area (Å²) in [5, 5.41) is 3.22. The molecule has 5 heteroatoms. The third-order valence-corrected chi connectivity index (χ3v) is 7.92. The minimum atomic E-state index is -0.148. The Hall–Kier alpha value is -1.62. The summed E-state index contributed by atoms with van der Waals surface area (Å²) < 4.78 is 5.84. The third-order valence-electron chi connectivity index (χ3n) is 6.99. The molecule has 4 saturated carbocycles. The Labute approximate surface area is 174 Å². The molecule has 148 valence electrons. The summed E-state index contributed by atoms with van der Waals surface area (Å²) >= 11 is 3.99. The van der Waals surface area contributed by atoms with Gasteiger partial charge in [-0.3, -0.25) is 4.79 Å². The molecule has 4 aliphatic carbocycles. The number of nitrogens with one attached hydrogen (secondary N) is 1. The van der Waals surface area contributed by atoms with Crippen molar-refractivity contribution < 1.29 is 9.21 Å². The summed E-state index contributed by atoms with van der Waals surface area (Å²) in [6.07, 6.45) is 9.37. The number of hydrogen-bond donors (Lipinski definition) is 1. The maximum Gasteiger partial charge on any atom is 0.226 e. The lowest BCUT2D eigenvalue weighted by Crippen LogP contribution is -2.58. The average Bonchev–Trinajstić information content (AvgIpc) is 3.09. The lowest BCUT2D eigenvalue weighted by molar-refractivity contribution is -0.144. The molecule has 4 aliphatic rings. The molecule has 1 N–H and O–H groups in total. The van der Waals surface area contributed by atoms with Gasteiger partial charge in [0.2, 0.25) is 11.8 Å². The molecule has 4 fully saturated rings. The van der Waals surface area contributed by atoms with Crippen molar-refractivity contribution in [3.8, 4) is 11.5 Å². The van der Waals surface area contributed by atoms with E-state index in [1.807, 2.05) is 12.1 Å². The number of aromatic nitrogens is 1. The first-order valence-corrected chi connectivity index (χ1v) is 11.2. The molecule has 2 aromatic rings. The molecule has 1 amide bonds. The zero-order valence-electron chi connectivity index (χ0n) is 16.3. The van der Waals surface area contributed by atoms with Crippen molar-refractivity contribution in [3.63, 3.8) is 0 Å². The van der Waals surface area contributed by atoms with Gasteiger partial charge >= 0.3 is 0 Å². The van der Waals surface area contributed by atoms with Crippen LogP contribution in [0.4, 0.5) is 0 Å². The van der Waals surface area contributed by atoms with Gasteiger partial charge in [-0.15, -0.1) is 0 Å². The van der Waals surface area contributed by atoms with Gasteiger partial charge in [0.25, 0.3) is 0 Å². The predicted octanol–water partition coefficient (Wildman–Crippen LogP) is 5.04. The summed E-state index contributed by atoms with van der Waals surface area (Å²) in [6.45, 7) is 2.68. The van der Waals surface area contributed by atoms with Crippen LogP contribution in [-0.4, -0.2) is 21.8 Å². The van der Waals surface area contributed by atoms with E-state index < -0.39 is 0 Å². The van der Waals surface area contributed by atoms with Gasteiger partial charge in [-0.25, -0.2) is 4.98 Å². The number of nitrogens with zero attached hydrogens (tertiary/aromatic N) is 1. The summed E-state index contributed by atoms with van der Waals surface area (Å²) in [5.74, 6) is 2.34. The van der Waals surface area contributed by atoms with Gasteiger partial charge in [0.05, 0.1) is 11.1 Å². The molecule has 1 aromatic carbocycles. The highest BCUT2D eigenvalue weighted by atomic mass is 79.9. The first-order chi connectivity index (χ1) is 13.4. The van der Waals surface area contributed by atoms with Gasteiger partial charge < -0.3 is 9.73 Å². The minimum absolute atomic E-state index is 0.148. The second kappa shape index (κ2) is 6.72. The maximum absolute atomic E-state index is 13.1. The van der Waals surface area contributed by atoms with Crippen LogP contribution in [0.1, 0.15) is 49.8 Å². The van der Waals surface area contributed by atoms with Gasteiger partial charge in [-0.05, 0) is 69.4 Å². The molecule has 28 heavy (non-hydrogen) atoms. The molecule has 0 saturated heterocycles. The molecule has 0 spiro atoms. The normalized spacial score (nSPS) is 33.2. The lowest BCUT2D eigenvalue weighted by atomic mass is 9.49. The van der Waals surface area contributed by atoms with E-state index in [0.29, 0.717) is 18.9 Å². The number of hydrogen-bond acceptors (Lipinski definition) is 3. The van der Waals surface area contributed by atoms with Crippen LogP contribution in [-0.2, 0) is 11.2 Å². The van der Waals surface area contributed by atoms with Crippen LogP contribution in [0.5, 0.6) is 0 Å². The van der Waals surface area contributed by atoms with Gasteiger partial charge in [0.1, 0.15) is 6.26 Å². The molecule has 2 unspecified atom stereocenters. The number of benzene rings is 1. The number of aryl methyl sites for hydroxylation is 1. The zero-order chi connectivity index (χ0) is 19.4. The van der Waals surface area contributed by atoms with E-state index in [1.54, 1.807) is 6.26 Å². The van der Waals surface area contributed by atoms with Gasteiger partial charge in [-0.1, -0.05) is 33.6 Å². The molecule has 0 radical (unpaired) electrons. The van der Waals surface area contributed by atoms with Crippen LogP contribution in [0.15, 0.2) is 34.9 Å². The number of oxazole rings is 1. The lowest BCUT2D eigenvalue weighted by Gasteiger charge is -2.59. The average molecular weight is 443 g/mol. The molecule has 1 aromatic heterocycles. The number of alkyl halides is 1. The SMILES string of the molecule is Cc1ccc(-c2nc(CCNC(=O)C34CC5CC(CC(Br)(C5)C3)C4)co2)cc1. The van der Waals surface area contributed by atoms with E-state index >= 15 is 0 Å². The van der Waals surface area contributed by atoms with Crippen molar-refractivity contribution >= 4 is 21.8 Å². The Bertz CT molecular complexity index is 874. The number of carbonyl (C=O) groups is 1. The standard InChI is InChI=1S/C23H27BrN2O2/c1-15-2-4-18(5-3-15)20-26-19(13-28-20)6-7-25-21(27)22-9-16-8-17(10-22)12-23(24,11-16)14-22/h2-5,13,16-17H,6-12,14H2,1H3,(H,25,27). The van der Waals surface area contributed by atoms with Gasteiger partial charge in [-0.2, -0.15) is 0 Å². The van der Waals surface area contributed by atoms with Crippen LogP contribution >= 0.6 is 15.9 Å². The molecule has 6 rings (SSSR count). The van der Waals surface area contributed by atoms with E-state index in [4.69, 9.17) is 4.42 Å². The minimum Gasteiger partial charge on any atom is -0.444 e. The Balaban J connectivity index is 1.20. The number of carbonyl (C=O) groups excluding carboxylic acids is 1. The molecule has 4 nitrogen and oxygen atoms in total. The fourth-order valence-electron chi connectivity index (χ4n) is 6.16. The Morgan fingerprint density at radius 1 is 1.21 bits per heavy atom. The number of halogens is 1. The van der Waals surface area contributed by atoms with Crippen molar-refractivity contribution in [3.05, 3.63) is 41.8 Å². The third kappa shape index (κ3) is 3.32. The summed E-state index contributed by atoms with van der Waals surface area (Å²) in [7, 11) is 0. The van der Waals surface area contributed by atoms with Crippen LogP contribution < -0.4 is 5.32 Å². The van der Waals surface area contributed by atoms with E-state index in [-0.39, 0.29) is 15.6 Å². The first kappa shape index (κ1) is 18.4. The van der Waals surface area contributed by atoms with Crippen LogP contribution in [0.2, 0.25) is 0 Å². The molecular formula is C23H27BrN2O2. The Kier molecular flexibility index (Phi) is 4.42. The summed E-state index contributed by atoms with van der Waals surface area (Å²) in [4.78, 5) is 17.7. The highest BCUT2D eigenvalue weighted by Crippen LogP contribution is 2.64. The van der Waals surface area contributed by atoms with Crippen molar-refractivity contribution in [2.75, 3.05) is 6.54 Å². The fourth-order valence-corrected chi connectivity index (χ4v) is 7.61. The van der Waals surface area contributed by atoms with Crippen LogP contribution in [0.25, 0.3) is 11.5 Å². The first-order valence-electron chi connectivity index (χ1n) is 10.4. The van der Waals surface area contributed by atoms with Crippen molar-refractivity contribution in [2.24, 2.45) is 17.3 Å². The largest absolute Gasteiger partial charge is 0.444 e. The van der Waals surface area contributed by atoms with Gasteiger partial charge in [0.15, 0.2) is 0 Å². The molecular weight excluding hydrogens is 416 g/mol. The highest BCUT2D eigenvalue weighted by molar-refractivity contribution is 9.10. The molecule has 2 atom stereocenters. The Morgan fingerprint density at radius 2 is 1.93 bits per heavy atom. The van der Waals surface area contributed by atoms with Crippen molar-refractivity contribution in [2.45, 2.75) is 56.2 Å². The second-order valence-corrected chi connectivity index (χ2v) is 11.1. The quantitative estimate of drug-likeness (QED) is 0.659. The topological polar surface area (TPSA) is 55.1 Å². The van der Waals surface area contributed by atoms with E-state index in [1.165, 1.54) is 24.8 Å². The summed E-state index contributed by atoms with van der Waals surface area (Å²) in [5.41, 5.74) is 2.94. The zero-order valence-corrected chi connectivity index (χ0v) is 17.9. The van der Waals surface area contributed by atoms with Crippen molar-refractivity contribution in [1.82, 2.24) is 10.3 Å². The molecule has 4 bridgehead atoms.